The summed E-state index contributed by atoms with van der Waals surface area (Å²) >= 11 is 0. The van der Waals surface area contributed by atoms with Gasteiger partial charge in [-0.2, -0.15) is 0 Å². The summed E-state index contributed by atoms with van der Waals surface area (Å²) in [6.45, 7) is 7.22. The van der Waals surface area contributed by atoms with Gasteiger partial charge in [0.25, 0.3) is 0 Å². The predicted octanol–water partition coefficient (Wildman–Crippen LogP) is -0.217. The normalized spacial score (nSPS) is 28.7. The van der Waals surface area contributed by atoms with E-state index >= 15 is 0 Å². The van der Waals surface area contributed by atoms with Gasteiger partial charge in [0.2, 0.25) is 0 Å². The number of nitrogens with zero attached hydrogens (tertiary/aromatic N) is 1. The van der Waals surface area contributed by atoms with Crippen molar-refractivity contribution in [1.29, 1.82) is 5.41 Å². The molecule has 1 saturated heterocycles. The maximum Gasteiger partial charge on any atom is 0.108 e. The van der Waals surface area contributed by atoms with E-state index in [0.29, 0.717) is 6.54 Å². The Morgan fingerprint density at radius 1 is 1.73 bits per heavy atom. The van der Waals surface area contributed by atoms with Crippen LogP contribution in [0, 0.1) is 5.41 Å². The van der Waals surface area contributed by atoms with Crippen molar-refractivity contribution in [3.63, 3.8) is 0 Å². The molecule has 1 rings (SSSR count). The maximum atomic E-state index is 9.12. The van der Waals surface area contributed by atoms with Gasteiger partial charge in [0.05, 0.1) is 24.4 Å². The first-order chi connectivity index (χ1) is 6.85. The molecule has 1 aliphatic heterocycles. The van der Waals surface area contributed by atoms with Gasteiger partial charge in [-0.1, -0.05) is 0 Å². The third kappa shape index (κ3) is 3.15. The first-order valence-corrected chi connectivity index (χ1v) is 5.22. The summed E-state index contributed by atoms with van der Waals surface area (Å²) in [7, 11) is 0. The Morgan fingerprint density at radius 3 is 2.80 bits per heavy atom. The molecule has 0 saturated carbocycles. The van der Waals surface area contributed by atoms with E-state index in [4.69, 9.17) is 21.0 Å². The highest BCUT2D eigenvalue weighted by atomic mass is 16.5. The summed E-state index contributed by atoms with van der Waals surface area (Å²) < 4.78 is 5.68. The van der Waals surface area contributed by atoms with Crippen LogP contribution in [0.1, 0.15) is 20.8 Å². The molecule has 88 valence electrons. The number of nitrogens with one attached hydrogen (secondary N) is 1. The Balaban J connectivity index is 2.69. The lowest BCUT2D eigenvalue weighted by molar-refractivity contribution is -0.151. The maximum absolute atomic E-state index is 9.12. The molecule has 0 aromatic heterocycles. The van der Waals surface area contributed by atoms with Gasteiger partial charge in [0, 0.05) is 13.1 Å². The van der Waals surface area contributed by atoms with Crippen LogP contribution in [0.5, 0.6) is 0 Å². The van der Waals surface area contributed by atoms with E-state index in [-0.39, 0.29) is 30.2 Å². The quantitative estimate of drug-likeness (QED) is 0.449. The summed E-state index contributed by atoms with van der Waals surface area (Å²) in [5, 5.41) is 16.5. The highest BCUT2D eigenvalue weighted by Crippen LogP contribution is 2.22. The topological polar surface area (TPSA) is 82.6 Å². The summed E-state index contributed by atoms with van der Waals surface area (Å²) in [5.74, 6) is 0.157. The molecule has 1 fully saturated rings. The number of amidine groups is 1. The average Bonchev–Trinajstić information content (AvgIpc) is 2.13. The van der Waals surface area contributed by atoms with Crippen molar-refractivity contribution < 1.29 is 9.84 Å². The highest BCUT2D eigenvalue weighted by Gasteiger charge is 2.35. The van der Waals surface area contributed by atoms with Crippen molar-refractivity contribution in [2.45, 2.75) is 38.5 Å². The van der Waals surface area contributed by atoms with Crippen LogP contribution in [-0.2, 0) is 4.74 Å². The lowest BCUT2D eigenvalue weighted by Crippen LogP contribution is -2.58. The van der Waals surface area contributed by atoms with E-state index in [1.807, 2.05) is 20.8 Å². The minimum atomic E-state index is -0.296. The van der Waals surface area contributed by atoms with E-state index in [0.717, 1.165) is 6.54 Å². The second kappa shape index (κ2) is 4.47. The van der Waals surface area contributed by atoms with Crippen LogP contribution in [0.3, 0.4) is 0 Å². The molecule has 0 radical (unpaired) electrons. The van der Waals surface area contributed by atoms with E-state index < -0.39 is 0 Å². The van der Waals surface area contributed by atoms with E-state index in [1.54, 1.807) is 0 Å². The van der Waals surface area contributed by atoms with Gasteiger partial charge in [-0.15, -0.1) is 0 Å². The van der Waals surface area contributed by atoms with Crippen molar-refractivity contribution >= 4 is 5.84 Å². The van der Waals surface area contributed by atoms with Gasteiger partial charge in [-0.05, 0) is 20.8 Å². The van der Waals surface area contributed by atoms with Crippen molar-refractivity contribution in [2.75, 3.05) is 19.7 Å². The molecule has 1 heterocycles. The molecule has 4 N–H and O–H groups in total. The molecule has 0 aromatic rings. The Bertz CT molecular complexity index is 243. The van der Waals surface area contributed by atoms with E-state index in [2.05, 4.69) is 4.90 Å². The molecule has 5 nitrogen and oxygen atoms in total. The summed E-state index contributed by atoms with van der Waals surface area (Å²) in [6.07, 6.45) is -0.185. The Labute approximate surface area is 90.7 Å². The standard InChI is InChI=1S/C10H21N3O2/c1-7(9(11)12)13-4-8(5-14)15-10(2,3)6-13/h7-8,14H,4-6H2,1-3H3,(H3,11,12). The monoisotopic (exact) mass is 215 g/mol. The molecule has 0 aromatic carbocycles. The van der Waals surface area contributed by atoms with Crippen LogP contribution < -0.4 is 5.73 Å². The molecule has 2 atom stereocenters. The van der Waals surface area contributed by atoms with Gasteiger partial charge >= 0.3 is 0 Å². The van der Waals surface area contributed by atoms with E-state index in [1.165, 1.54) is 0 Å². The zero-order valence-corrected chi connectivity index (χ0v) is 9.66. The first-order valence-electron chi connectivity index (χ1n) is 5.22. The molecule has 0 spiro atoms. The minimum absolute atomic E-state index is 0.00452. The van der Waals surface area contributed by atoms with Crippen molar-refractivity contribution in [2.24, 2.45) is 5.73 Å². The molecule has 0 bridgehead atoms. The van der Waals surface area contributed by atoms with Gasteiger partial charge in [0.15, 0.2) is 0 Å². The van der Waals surface area contributed by atoms with Crippen LogP contribution in [0.4, 0.5) is 0 Å². The van der Waals surface area contributed by atoms with Crippen molar-refractivity contribution in [3.8, 4) is 0 Å². The third-order valence-corrected chi connectivity index (χ3v) is 2.71. The fraction of sp³-hybridized carbons (Fsp3) is 0.900. The number of rotatable bonds is 3. The second-order valence-corrected chi connectivity index (χ2v) is 4.74. The fourth-order valence-electron chi connectivity index (χ4n) is 1.93. The highest BCUT2D eigenvalue weighted by molar-refractivity contribution is 5.82. The number of nitrogens with two attached hydrogens (primary N) is 1. The number of hydrogen-bond acceptors (Lipinski definition) is 4. The number of aliphatic hydroxyl groups is 1. The largest absolute Gasteiger partial charge is 0.394 e. The number of morpholine rings is 1. The van der Waals surface area contributed by atoms with Crippen molar-refractivity contribution in [1.82, 2.24) is 4.90 Å². The summed E-state index contributed by atoms with van der Waals surface area (Å²) in [6, 6.07) is -0.0952. The van der Waals surface area contributed by atoms with Crippen LogP contribution >= 0.6 is 0 Å². The average molecular weight is 215 g/mol. The van der Waals surface area contributed by atoms with Gasteiger partial charge in [-0.3, -0.25) is 10.3 Å². The molecule has 0 aliphatic carbocycles. The van der Waals surface area contributed by atoms with Crippen LogP contribution in [0.15, 0.2) is 0 Å². The van der Waals surface area contributed by atoms with Crippen LogP contribution in [0.25, 0.3) is 0 Å². The minimum Gasteiger partial charge on any atom is -0.394 e. The number of ether oxygens (including phenoxy) is 1. The Kier molecular flexibility index (Phi) is 3.70. The predicted molar refractivity (Wildman–Crippen MR) is 59.0 cm³/mol. The first kappa shape index (κ1) is 12.4. The molecule has 15 heavy (non-hydrogen) atoms. The van der Waals surface area contributed by atoms with E-state index in [9.17, 15) is 0 Å². The number of aliphatic hydroxyl groups excluding tert-OH is 1. The zero-order valence-electron chi connectivity index (χ0n) is 9.66. The smallest absolute Gasteiger partial charge is 0.108 e. The van der Waals surface area contributed by atoms with Crippen LogP contribution in [-0.4, -0.2) is 53.3 Å². The lowest BCUT2D eigenvalue weighted by Gasteiger charge is -2.44. The van der Waals surface area contributed by atoms with Crippen LogP contribution in [0.2, 0.25) is 0 Å². The molecule has 2 unspecified atom stereocenters. The lowest BCUT2D eigenvalue weighted by atomic mass is 10.0. The SMILES string of the molecule is CC(C(=N)N)N1CC(CO)OC(C)(C)C1. The van der Waals surface area contributed by atoms with Gasteiger partial charge < -0.3 is 15.6 Å². The molecule has 5 heteroatoms. The molecular formula is C10H21N3O2. The molecule has 1 aliphatic rings. The van der Waals surface area contributed by atoms with Gasteiger partial charge in [-0.25, -0.2) is 0 Å². The zero-order chi connectivity index (χ0) is 11.6. The van der Waals surface area contributed by atoms with Crippen molar-refractivity contribution in [3.05, 3.63) is 0 Å². The van der Waals surface area contributed by atoms with Gasteiger partial charge in [0.1, 0.15) is 5.84 Å². The number of hydrogen-bond donors (Lipinski definition) is 3. The third-order valence-electron chi connectivity index (χ3n) is 2.71. The molecule has 0 amide bonds. The summed E-state index contributed by atoms with van der Waals surface area (Å²) in [5.41, 5.74) is 5.18. The second-order valence-electron chi connectivity index (χ2n) is 4.74. The fourth-order valence-corrected chi connectivity index (χ4v) is 1.93. The molecular weight excluding hydrogens is 194 g/mol. The Hall–Kier alpha value is -0.650. The summed E-state index contributed by atoms with van der Waals surface area (Å²) in [4.78, 5) is 2.08. The Morgan fingerprint density at radius 2 is 2.33 bits per heavy atom.